The summed E-state index contributed by atoms with van der Waals surface area (Å²) >= 11 is 0. The van der Waals surface area contributed by atoms with Crippen LogP contribution < -0.4 is 16.6 Å². The number of benzene rings is 1. The van der Waals surface area contributed by atoms with E-state index < -0.39 is 0 Å². The molecular weight excluding hydrogens is 207 g/mol. The average molecular weight is 224 g/mol. The Labute approximate surface area is 94.7 Å². The van der Waals surface area contributed by atoms with E-state index >= 15 is 0 Å². The molecule has 1 aromatic rings. The van der Waals surface area contributed by atoms with Gasteiger partial charge in [0, 0.05) is 12.2 Å². The molecule has 4 nitrogen and oxygen atoms in total. The number of nitrogens with one attached hydrogen (secondary N) is 2. The van der Waals surface area contributed by atoms with Crippen molar-refractivity contribution >= 4 is 11.6 Å². The van der Waals surface area contributed by atoms with Gasteiger partial charge in [0.15, 0.2) is 0 Å². The minimum Gasteiger partial charge on any atom is -0.325 e. The summed E-state index contributed by atoms with van der Waals surface area (Å²) in [5.74, 6) is 5.47. The lowest BCUT2D eigenvalue weighted by Gasteiger charge is -2.09. The van der Waals surface area contributed by atoms with E-state index in [1.807, 2.05) is 6.92 Å². The van der Waals surface area contributed by atoms with E-state index in [9.17, 15) is 4.39 Å². The van der Waals surface area contributed by atoms with Crippen molar-refractivity contribution in [1.29, 1.82) is 0 Å². The van der Waals surface area contributed by atoms with Gasteiger partial charge in [-0.1, -0.05) is 13.0 Å². The van der Waals surface area contributed by atoms with Crippen molar-refractivity contribution in [2.75, 3.05) is 11.9 Å². The largest absolute Gasteiger partial charge is 0.325 e. The number of nitrogens with zero attached hydrogens (tertiary/aromatic N) is 1. The number of anilines is 1. The van der Waals surface area contributed by atoms with Crippen LogP contribution in [0, 0.1) is 12.7 Å². The summed E-state index contributed by atoms with van der Waals surface area (Å²) in [6.45, 7) is 4.40. The maximum atomic E-state index is 13.3. The molecule has 0 spiro atoms. The minimum atomic E-state index is -0.253. The molecule has 0 aliphatic rings. The van der Waals surface area contributed by atoms with Crippen LogP contribution in [0.4, 0.5) is 10.1 Å². The minimum absolute atomic E-state index is 0.253. The molecule has 0 heterocycles. The van der Waals surface area contributed by atoms with E-state index in [2.05, 4.69) is 15.7 Å². The second-order valence-corrected chi connectivity index (χ2v) is 3.46. The van der Waals surface area contributed by atoms with Crippen LogP contribution in [0.1, 0.15) is 18.9 Å². The second-order valence-electron chi connectivity index (χ2n) is 3.46. The molecule has 1 rings (SSSR count). The Morgan fingerprint density at radius 3 is 2.81 bits per heavy atom. The van der Waals surface area contributed by atoms with Crippen LogP contribution in [0.2, 0.25) is 0 Å². The first-order valence-electron chi connectivity index (χ1n) is 5.21. The fourth-order valence-electron chi connectivity index (χ4n) is 1.15. The normalized spacial score (nSPS) is 11.4. The van der Waals surface area contributed by atoms with E-state index in [0.717, 1.165) is 6.42 Å². The quantitative estimate of drug-likeness (QED) is 0.317. The van der Waals surface area contributed by atoms with Crippen LogP contribution >= 0.6 is 0 Å². The molecule has 0 aromatic heterocycles. The summed E-state index contributed by atoms with van der Waals surface area (Å²) in [6, 6.07) is 4.89. The molecule has 0 aliphatic heterocycles. The fraction of sp³-hybridized carbons (Fsp3) is 0.364. The van der Waals surface area contributed by atoms with Gasteiger partial charge in [0.1, 0.15) is 5.82 Å². The van der Waals surface area contributed by atoms with E-state index in [-0.39, 0.29) is 5.82 Å². The number of rotatable bonds is 3. The highest BCUT2D eigenvalue weighted by Crippen LogP contribution is 2.13. The molecule has 16 heavy (non-hydrogen) atoms. The molecule has 0 amide bonds. The second kappa shape index (κ2) is 6.07. The summed E-state index contributed by atoms with van der Waals surface area (Å²) < 4.78 is 13.3. The summed E-state index contributed by atoms with van der Waals surface area (Å²) in [7, 11) is 0. The Balaban J connectivity index is 2.74. The maximum Gasteiger partial charge on any atom is 0.210 e. The summed E-state index contributed by atoms with van der Waals surface area (Å²) in [5.41, 5.74) is 3.67. The molecule has 88 valence electrons. The number of hydrazine groups is 1. The van der Waals surface area contributed by atoms with Crippen molar-refractivity contribution in [2.24, 2.45) is 10.8 Å². The van der Waals surface area contributed by atoms with Gasteiger partial charge in [0.05, 0.1) is 0 Å². The Hall–Kier alpha value is -1.62. The zero-order chi connectivity index (χ0) is 12.0. The van der Waals surface area contributed by atoms with Crippen molar-refractivity contribution in [2.45, 2.75) is 20.3 Å². The molecule has 5 heteroatoms. The van der Waals surface area contributed by atoms with Gasteiger partial charge in [-0.05, 0) is 31.0 Å². The van der Waals surface area contributed by atoms with Gasteiger partial charge in [-0.15, -0.1) is 0 Å². The SMILES string of the molecule is CCCN=C(NN)Nc1ccc(C)c(F)c1. The molecule has 0 saturated heterocycles. The first-order valence-corrected chi connectivity index (χ1v) is 5.21. The Bertz CT molecular complexity index is 376. The molecule has 0 fully saturated rings. The van der Waals surface area contributed by atoms with Gasteiger partial charge in [0.2, 0.25) is 5.96 Å². The van der Waals surface area contributed by atoms with Crippen LogP contribution in [0.3, 0.4) is 0 Å². The number of hydrogen-bond donors (Lipinski definition) is 3. The van der Waals surface area contributed by atoms with E-state index in [4.69, 9.17) is 5.84 Å². The monoisotopic (exact) mass is 224 g/mol. The third-order valence-corrected chi connectivity index (χ3v) is 2.06. The third kappa shape index (κ3) is 3.51. The summed E-state index contributed by atoms with van der Waals surface area (Å²) in [4.78, 5) is 4.16. The Morgan fingerprint density at radius 2 is 2.25 bits per heavy atom. The first kappa shape index (κ1) is 12.4. The van der Waals surface area contributed by atoms with Crippen molar-refractivity contribution < 1.29 is 4.39 Å². The third-order valence-electron chi connectivity index (χ3n) is 2.06. The van der Waals surface area contributed by atoms with Gasteiger partial charge >= 0.3 is 0 Å². The van der Waals surface area contributed by atoms with E-state index in [0.29, 0.717) is 23.8 Å². The van der Waals surface area contributed by atoms with Crippen molar-refractivity contribution in [3.05, 3.63) is 29.6 Å². The predicted octanol–water partition coefficient (Wildman–Crippen LogP) is 1.78. The highest BCUT2D eigenvalue weighted by atomic mass is 19.1. The van der Waals surface area contributed by atoms with Gasteiger partial charge in [-0.2, -0.15) is 0 Å². The molecule has 1 aromatic carbocycles. The lowest BCUT2D eigenvalue weighted by atomic mass is 10.2. The summed E-state index contributed by atoms with van der Waals surface area (Å²) in [5, 5.41) is 2.91. The van der Waals surface area contributed by atoms with Crippen molar-refractivity contribution in [3.8, 4) is 0 Å². The first-order chi connectivity index (χ1) is 7.67. The number of aryl methyl sites for hydroxylation is 1. The molecule has 0 radical (unpaired) electrons. The van der Waals surface area contributed by atoms with E-state index in [1.165, 1.54) is 6.07 Å². The van der Waals surface area contributed by atoms with Crippen LogP contribution in [0.15, 0.2) is 23.2 Å². The molecule has 4 N–H and O–H groups in total. The van der Waals surface area contributed by atoms with E-state index in [1.54, 1.807) is 19.1 Å². The van der Waals surface area contributed by atoms with Crippen molar-refractivity contribution in [1.82, 2.24) is 5.43 Å². The fourth-order valence-corrected chi connectivity index (χ4v) is 1.15. The Kier molecular flexibility index (Phi) is 4.72. The van der Waals surface area contributed by atoms with Gasteiger partial charge in [-0.25, -0.2) is 10.2 Å². The maximum absolute atomic E-state index is 13.3. The average Bonchev–Trinajstić information content (AvgIpc) is 2.29. The van der Waals surface area contributed by atoms with Gasteiger partial charge in [-0.3, -0.25) is 10.4 Å². The van der Waals surface area contributed by atoms with Gasteiger partial charge in [0.25, 0.3) is 0 Å². The number of nitrogens with two attached hydrogens (primary N) is 1. The topological polar surface area (TPSA) is 62.4 Å². The molecule has 0 aliphatic carbocycles. The van der Waals surface area contributed by atoms with Crippen LogP contribution in [0.5, 0.6) is 0 Å². The zero-order valence-corrected chi connectivity index (χ0v) is 9.55. The highest BCUT2D eigenvalue weighted by Gasteiger charge is 2.01. The van der Waals surface area contributed by atoms with Crippen LogP contribution in [-0.4, -0.2) is 12.5 Å². The standard InChI is InChI=1S/C11H17FN4/c1-3-6-14-11(16-13)15-9-5-4-8(2)10(12)7-9/h4-5,7H,3,6,13H2,1-2H3,(H2,14,15,16). The van der Waals surface area contributed by atoms with Gasteiger partial charge < -0.3 is 5.32 Å². The predicted molar refractivity (Wildman–Crippen MR) is 64.7 cm³/mol. The number of aliphatic imine (C=N–C) groups is 1. The molecule has 0 atom stereocenters. The lowest BCUT2D eigenvalue weighted by molar-refractivity contribution is 0.619. The molecule has 0 bridgehead atoms. The number of halogens is 1. The summed E-state index contributed by atoms with van der Waals surface area (Å²) in [6.07, 6.45) is 0.926. The molecule has 0 unspecified atom stereocenters. The Morgan fingerprint density at radius 1 is 1.50 bits per heavy atom. The van der Waals surface area contributed by atoms with Crippen LogP contribution in [0.25, 0.3) is 0 Å². The molecule has 0 saturated carbocycles. The van der Waals surface area contributed by atoms with Crippen molar-refractivity contribution in [3.63, 3.8) is 0 Å². The number of guanidine groups is 1. The lowest BCUT2D eigenvalue weighted by Crippen LogP contribution is -2.36. The number of hydrogen-bond acceptors (Lipinski definition) is 2. The highest BCUT2D eigenvalue weighted by molar-refractivity contribution is 5.93. The smallest absolute Gasteiger partial charge is 0.210 e. The van der Waals surface area contributed by atoms with Crippen LogP contribution in [-0.2, 0) is 0 Å². The zero-order valence-electron chi connectivity index (χ0n) is 9.55. The molecular formula is C11H17FN4.